The number of nitrogens with one attached hydrogen (secondary N) is 2. The van der Waals surface area contributed by atoms with Crippen LogP contribution < -0.4 is 10.6 Å². The molecule has 0 aliphatic heterocycles. The highest BCUT2D eigenvalue weighted by molar-refractivity contribution is 7.12. The second-order valence-corrected chi connectivity index (χ2v) is 6.31. The number of carbonyl (C=O) groups excluding carboxylic acids is 1. The van der Waals surface area contributed by atoms with Gasteiger partial charge < -0.3 is 15.7 Å². The summed E-state index contributed by atoms with van der Waals surface area (Å²) in [6.45, 7) is 5.25. The molecule has 0 saturated heterocycles. The van der Waals surface area contributed by atoms with E-state index in [4.69, 9.17) is 5.11 Å². The molecular weight excluding hydrogens is 284 g/mol. The summed E-state index contributed by atoms with van der Waals surface area (Å²) in [4.78, 5) is 14.4. The third kappa shape index (κ3) is 4.31. The summed E-state index contributed by atoms with van der Waals surface area (Å²) in [5, 5.41) is 14.7. The zero-order valence-electron chi connectivity index (χ0n) is 12.3. The fourth-order valence-corrected chi connectivity index (χ4v) is 3.01. The van der Waals surface area contributed by atoms with Crippen LogP contribution in [0.15, 0.2) is 30.3 Å². The number of aryl methyl sites for hydroxylation is 2. The minimum absolute atomic E-state index is 0.0508. The van der Waals surface area contributed by atoms with Gasteiger partial charge in [-0.2, -0.15) is 0 Å². The number of aliphatic hydroxyl groups is 1. The van der Waals surface area contributed by atoms with Gasteiger partial charge in [-0.15, -0.1) is 11.3 Å². The van der Waals surface area contributed by atoms with E-state index in [1.165, 1.54) is 15.3 Å². The lowest BCUT2D eigenvalue weighted by Crippen LogP contribution is -2.26. The molecule has 1 amide bonds. The predicted molar refractivity (Wildman–Crippen MR) is 87.0 cm³/mol. The van der Waals surface area contributed by atoms with Crippen LogP contribution >= 0.6 is 11.3 Å². The molecule has 0 atom stereocenters. The van der Waals surface area contributed by atoms with Crippen LogP contribution in [0, 0.1) is 13.8 Å². The minimum atomic E-state index is -0.167. The summed E-state index contributed by atoms with van der Waals surface area (Å²) in [5.74, 6) is -0.167. The van der Waals surface area contributed by atoms with Crippen molar-refractivity contribution in [1.29, 1.82) is 0 Å². The Morgan fingerprint density at radius 3 is 2.52 bits per heavy atom. The van der Waals surface area contributed by atoms with Crippen LogP contribution in [0.25, 0.3) is 0 Å². The normalized spacial score (nSPS) is 10.4. The number of hydrogen-bond acceptors (Lipinski definition) is 4. The smallest absolute Gasteiger partial charge is 0.251 e. The standard InChI is InChI=1S/C16H20N2O2S/c1-11-9-14(12(2)21-11)10-18-15-5-3-13(4-6-15)16(20)17-7-8-19/h3-6,9,18-19H,7-8,10H2,1-2H3,(H,17,20). The van der Waals surface area contributed by atoms with Crippen molar-refractivity contribution in [3.8, 4) is 0 Å². The molecule has 0 spiro atoms. The Morgan fingerprint density at radius 2 is 1.95 bits per heavy atom. The topological polar surface area (TPSA) is 61.4 Å². The van der Waals surface area contributed by atoms with E-state index in [1.54, 1.807) is 23.5 Å². The number of thiophene rings is 1. The van der Waals surface area contributed by atoms with E-state index in [-0.39, 0.29) is 19.1 Å². The molecule has 21 heavy (non-hydrogen) atoms. The first kappa shape index (κ1) is 15.5. The van der Waals surface area contributed by atoms with Crippen LogP contribution in [-0.4, -0.2) is 24.2 Å². The number of aliphatic hydroxyl groups excluding tert-OH is 1. The van der Waals surface area contributed by atoms with Crippen LogP contribution in [-0.2, 0) is 6.54 Å². The number of carbonyl (C=O) groups is 1. The molecule has 0 aliphatic rings. The molecule has 1 heterocycles. The molecule has 112 valence electrons. The molecule has 5 heteroatoms. The summed E-state index contributed by atoms with van der Waals surface area (Å²) >= 11 is 1.80. The Morgan fingerprint density at radius 1 is 1.24 bits per heavy atom. The van der Waals surface area contributed by atoms with Crippen molar-refractivity contribution in [2.24, 2.45) is 0 Å². The maximum absolute atomic E-state index is 11.7. The Labute approximate surface area is 128 Å². The summed E-state index contributed by atoms with van der Waals surface area (Å²) < 4.78 is 0. The van der Waals surface area contributed by atoms with Crippen molar-refractivity contribution >= 4 is 22.9 Å². The van der Waals surface area contributed by atoms with E-state index in [0.717, 1.165) is 12.2 Å². The molecule has 0 aliphatic carbocycles. The van der Waals surface area contributed by atoms with Gasteiger partial charge in [-0.1, -0.05) is 0 Å². The van der Waals surface area contributed by atoms with E-state index in [0.29, 0.717) is 5.56 Å². The fourth-order valence-electron chi connectivity index (χ4n) is 2.07. The fraction of sp³-hybridized carbons (Fsp3) is 0.312. The second-order valence-electron chi connectivity index (χ2n) is 4.85. The van der Waals surface area contributed by atoms with Crippen LogP contribution in [0.5, 0.6) is 0 Å². The molecule has 0 saturated carbocycles. The van der Waals surface area contributed by atoms with Gasteiger partial charge in [0, 0.05) is 34.1 Å². The number of amides is 1. The zero-order chi connectivity index (χ0) is 15.2. The molecular formula is C16H20N2O2S. The molecule has 2 rings (SSSR count). The van der Waals surface area contributed by atoms with Gasteiger partial charge in [0.2, 0.25) is 0 Å². The highest BCUT2D eigenvalue weighted by atomic mass is 32.1. The Hall–Kier alpha value is -1.85. The van der Waals surface area contributed by atoms with Crippen LogP contribution in [0.2, 0.25) is 0 Å². The van der Waals surface area contributed by atoms with Gasteiger partial charge in [-0.25, -0.2) is 0 Å². The molecule has 0 radical (unpaired) electrons. The summed E-state index contributed by atoms with van der Waals surface area (Å²) in [7, 11) is 0. The van der Waals surface area contributed by atoms with Crippen molar-refractivity contribution in [2.75, 3.05) is 18.5 Å². The average Bonchev–Trinajstić information content (AvgIpc) is 2.81. The highest BCUT2D eigenvalue weighted by Gasteiger charge is 2.05. The van der Waals surface area contributed by atoms with Gasteiger partial charge in [0.1, 0.15) is 0 Å². The van der Waals surface area contributed by atoms with Gasteiger partial charge in [0.15, 0.2) is 0 Å². The molecule has 0 fully saturated rings. The third-order valence-corrected chi connectivity index (χ3v) is 4.18. The second kappa shape index (κ2) is 7.24. The van der Waals surface area contributed by atoms with Crippen molar-refractivity contribution in [3.63, 3.8) is 0 Å². The van der Waals surface area contributed by atoms with Crippen molar-refractivity contribution in [2.45, 2.75) is 20.4 Å². The molecule has 4 nitrogen and oxygen atoms in total. The highest BCUT2D eigenvalue weighted by Crippen LogP contribution is 2.21. The first-order chi connectivity index (χ1) is 10.1. The predicted octanol–water partition coefficient (Wildman–Crippen LogP) is 2.70. The van der Waals surface area contributed by atoms with E-state index < -0.39 is 0 Å². The average molecular weight is 304 g/mol. The summed E-state index contributed by atoms with van der Waals surface area (Å²) in [6, 6.07) is 9.54. The zero-order valence-corrected chi connectivity index (χ0v) is 13.1. The van der Waals surface area contributed by atoms with E-state index in [2.05, 4.69) is 30.5 Å². The van der Waals surface area contributed by atoms with Gasteiger partial charge in [-0.3, -0.25) is 4.79 Å². The van der Waals surface area contributed by atoms with E-state index in [9.17, 15) is 4.79 Å². The lowest BCUT2D eigenvalue weighted by molar-refractivity contribution is 0.0945. The lowest BCUT2D eigenvalue weighted by atomic mass is 10.2. The van der Waals surface area contributed by atoms with Crippen molar-refractivity contribution in [1.82, 2.24) is 5.32 Å². The maximum Gasteiger partial charge on any atom is 0.251 e. The van der Waals surface area contributed by atoms with Gasteiger partial charge in [-0.05, 0) is 49.7 Å². The maximum atomic E-state index is 11.7. The van der Waals surface area contributed by atoms with Crippen molar-refractivity contribution < 1.29 is 9.90 Å². The van der Waals surface area contributed by atoms with Gasteiger partial charge in [0.25, 0.3) is 5.91 Å². The molecule has 0 bridgehead atoms. The number of anilines is 1. The SMILES string of the molecule is Cc1cc(CNc2ccc(C(=O)NCCO)cc2)c(C)s1. The molecule has 3 N–H and O–H groups in total. The number of hydrogen-bond donors (Lipinski definition) is 3. The quantitative estimate of drug-likeness (QED) is 0.769. The molecule has 1 aromatic heterocycles. The van der Waals surface area contributed by atoms with Gasteiger partial charge >= 0.3 is 0 Å². The molecule has 0 unspecified atom stereocenters. The Kier molecular flexibility index (Phi) is 5.36. The minimum Gasteiger partial charge on any atom is -0.395 e. The Balaban J connectivity index is 1.93. The van der Waals surface area contributed by atoms with E-state index in [1.807, 2.05) is 12.1 Å². The number of benzene rings is 1. The number of rotatable bonds is 6. The van der Waals surface area contributed by atoms with Crippen LogP contribution in [0.3, 0.4) is 0 Å². The van der Waals surface area contributed by atoms with E-state index >= 15 is 0 Å². The largest absolute Gasteiger partial charge is 0.395 e. The molecule has 2 aromatic rings. The molecule has 1 aromatic carbocycles. The summed E-state index contributed by atoms with van der Waals surface area (Å²) in [6.07, 6.45) is 0. The summed E-state index contributed by atoms with van der Waals surface area (Å²) in [5.41, 5.74) is 2.88. The first-order valence-corrected chi connectivity index (χ1v) is 7.70. The third-order valence-electron chi connectivity index (χ3n) is 3.17. The monoisotopic (exact) mass is 304 g/mol. The van der Waals surface area contributed by atoms with Crippen LogP contribution in [0.1, 0.15) is 25.7 Å². The van der Waals surface area contributed by atoms with Crippen molar-refractivity contribution in [3.05, 3.63) is 51.2 Å². The Bertz CT molecular complexity index is 605. The lowest BCUT2D eigenvalue weighted by Gasteiger charge is -2.08. The van der Waals surface area contributed by atoms with Crippen LogP contribution in [0.4, 0.5) is 5.69 Å². The van der Waals surface area contributed by atoms with Gasteiger partial charge in [0.05, 0.1) is 6.61 Å². The first-order valence-electron chi connectivity index (χ1n) is 6.89.